The fourth-order valence-electron chi connectivity index (χ4n) is 11.5. The first-order valence-corrected chi connectivity index (χ1v) is 14.3. The van der Waals surface area contributed by atoms with Crippen molar-refractivity contribution in [2.75, 3.05) is 0 Å². The highest BCUT2D eigenvalue weighted by molar-refractivity contribution is 5.75. The molecule has 34 heavy (non-hydrogen) atoms. The van der Waals surface area contributed by atoms with Crippen LogP contribution in [0.3, 0.4) is 0 Å². The van der Waals surface area contributed by atoms with E-state index in [9.17, 15) is 15.0 Å². The van der Waals surface area contributed by atoms with Crippen molar-refractivity contribution in [1.29, 1.82) is 0 Å². The third kappa shape index (κ3) is 2.94. The number of allylic oxidation sites excluding steroid dienone is 1. The van der Waals surface area contributed by atoms with Gasteiger partial charge in [0.25, 0.3) is 0 Å². The third-order valence-electron chi connectivity index (χ3n) is 13.8. The standard InChI is InChI=1S/C31H50O3/c1-19(2)20-10-15-31(26(33)34)17-16-29(6)21(22(31)18-20)8-9-24-28(5)13-12-25(32)27(3,4)23(28)11-14-30(24,29)7/h20-25,32H,1,8-18H2,2-7H3,(H,33,34)/t20-,21?,22?,23?,24?,25+,28+,29+,30?,31?/m1/s1. The first kappa shape index (κ1) is 24.8. The van der Waals surface area contributed by atoms with Gasteiger partial charge in [-0.15, -0.1) is 0 Å². The second kappa shape index (κ2) is 7.59. The first-order chi connectivity index (χ1) is 15.7. The second-order valence-corrected chi connectivity index (χ2v) is 14.9. The molecule has 2 N–H and O–H groups in total. The molecule has 3 heteroatoms. The lowest BCUT2D eigenvalue weighted by atomic mass is 9.31. The highest BCUT2D eigenvalue weighted by Gasteiger charge is 2.70. The van der Waals surface area contributed by atoms with Gasteiger partial charge in [0.2, 0.25) is 0 Å². The molecule has 0 radical (unpaired) electrons. The lowest BCUT2D eigenvalue weighted by molar-refractivity contribution is -0.252. The number of aliphatic carboxylic acids is 1. The summed E-state index contributed by atoms with van der Waals surface area (Å²) < 4.78 is 0. The maximum Gasteiger partial charge on any atom is 0.309 e. The summed E-state index contributed by atoms with van der Waals surface area (Å²) in [6.45, 7) is 18.8. The zero-order valence-corrected chi connectivity index (χ0v) is 22.8. The second-order valence-electron chi connectivity index (χ2n) is 14.9. The first-order valence-electron chi connectivity index (χ1n) is 14.3. The highest BCUT2D eigenvalue weighted by atomic mass is 16.4. The molecule has 0 aromatic rings. The van der Waals surface area contributed by atoms with Crippen LogP contribution >= 0.6 is 0 Å². The van der Waals surface area contributed by atoms with Crippen LogP contribution in [0.1, 0.15) is 112 Å². The molecule has 0 spiro atoms. The van der Waals surface area contributed by atoms with Gasteiger partial charge < -0.3 is 10.2 Å². The molecule has 5 saturated carbocycles. The van der Waals surface area contributed by atoms with E-state index in [0.717, 1.165) is 44.9 Å². The minimum Gasteiger partial charge on any atom is -0.481 e. The van der Waals surface area contributed by atoms with Crippen molar-refractivity contribution >= 4 is 5.97 Å². The van der Waals surface area contributed by atoms with Gasteiger partial charge >= 0.3 is 5.97 Å². The largest absolute Gasteiger partial charge is 0.481 e. The molecule has 0 amide bonds. The molecule has 5 aliphatic rings. The van der Waals surface area contributed by atoms with Crippen molar-refractivity contribution in [2.24, 2.45) is 56.7 Å². The van der Waals surface area contributed by atoms with E-state index in [0.29, 0.717) is 23.7 Å². The van der Waals surface area contributed by atoms with Gasteiger partial charge in [-0.25, -0.2) is 0 Å². The van der Waals surface area contributed by atoms with Gasteiger partial charge in [0.1, 0.15) is 0 Å². The molecular weight excluding hydrogens is 420 g/mol. The van der Waals surface area contributed by atoms with E-state index in [2.05, 4.69) is 48.1 Å². The van der Waals surface area contributed by atoms with E-state index in [1.54, 1.807) is 0 Å². The Kier molecular flexibility index (Phi) is 5.55. The molecular formula is C31H50O3. The van der Waals surface area contributed by atoms with Crippen molar-refractivity contribution in [1.82, 2.24) is 0 Å². The van der Waals surface area contributed by atoms with E-state index in [-0.39, 0.29) is 33.7 Å². The van der Waals surface area contributed by atoms with Crippen molar-refractivity contribution in [3.05, 3.63) is 12.2 Å². The summed E-state index contributed by atoms with van der Waals surface area (Å²) in [5.74, 6) is 2.00. The van der Waals surface area contributed by atoms with E-state index in [4.69, 9.17) is 0 Å². The SMILES string of the molecule is C=C(C)[C@@H]1CCC2(C(=O)O)CC[C@@]3(C)C(CCC4C3(C)CCC3C(C)(C)[C@@H](O)CC[C@@]34C)C2C1. The van der Waals surface area contributed by atoms with E-state index in [1.165, 1.54) is 31.3 Å². The summed E-state index contributed by atoms with van der Waals surface area (Å²) in [5.41, 5.74) is 1.44. The zero-order chi connectivity index (χ0) is 24.9. The Morgan fingerprint density at radius 3 is 2.15 bits per heavy atom. The van der Waals surface area contributed by atoms with Gasteiger partial charge in [0.05, 0.1) is 11.5 Å². The van der Waals surface area contributed by atoms with Gasteiger partial charge in [-0.1, -0.05) is 46.8 Å². The number of rotatable bonds is 2. The molecule has 192 valence electrons. The van der Waals surface area contributed by atoms with E-state index in [1.807, 2.05) is 0 Å². The number of aliphatic hydroxyl groups excluding tert-OH is 1. The molecule has 3 nitrogen and oxygen atoms in total. The van der Waals surface area contributed by atoms with Crippen LogP contribution in [0.4, 0.5) is 0 Å². The van der Waals surface area contributed by atoms with Crippen molar-refractivity contribution in [3.63, 3.8) is 0 Å². The van der Waals surface area contributed by atoms with Crippen LogP contribution in [-0.2, 0) is 4.79 Å². The molecule has 0 aliphatic heterocycles. The molecule has 5 fully saturated rings. The Morgan fingerprint density at radius 2 is 1.50 bits per heavy atom. The fourth-order valence-corrected chi connectivity index (χ4v) is 11.5. The number of carboxylic acid groups (broad SMARTS) is 1. The fraction of sp³-hybridized carbons (Fsp3) is 0.903. The summed E-state index contributed by atoms with van der Waals surface area (Å²) in [4.78, 5) is 12.8. The van der Waals surface area contributed by atoms with Crippen molar-refractivity contribution in [2.45, 2.75) is 118 Å². The number of aliphatic hydroxyl groups is 1. The van der Waals surface area contributed by atoms with Gasteiger partial charge in [0, 0.05) is 0 Å². The van der Waals surface area contributed by atoms with E-state index < -0.39 is 11.4 Å². The maximum atomic E-state index is 12.8. The predicted octanol–water partition coefficient (Wildman–Crippen LogP) is 7.48. The minimum absolute atomic E-state index is 0.0187. The van der Waals surface area contributed by atoms with Gasteiger partial charge in [-0.2, -0.15) is 0 Å². The summed E-state index contributed by atoms with van der Waals surface area (Å²) in [6.07, 6.45) is 11.5. The molecule has 0 heterocycles. The van der Waals surface area contributed by atoms with Crippen LogP contribution in [0, 0.1) is 56.7 Å². The lowest BCUT2D eigenvalue weighted by Crippen LogP contribution is -2.67. The molecule has 6 unspecified atom stereocenters. The molecule has 0 saturated heterocycles. The number of fused-ring (bicyclic) bond motifs is 7. The van der Waals surface area contributed by atoms with Gasteiger partial charge in [0.15, 0.2) is 0 Å². The van der Waals surface area contributed by atoms with Crippen LogP contribution in [0.2, 0.25) is 0 Å². The Morgan fingerprint density at radius 1 is 0.794 bits per heavy atom. The zero-order valence-electron chi connectivity index (χ0n) is 22.8. The topological polar surface area (TPSA) is 57.5 Å². The van der Waals surface area contributed by atoms with Crippen molar-refractivity contribution in [3.8, 4) is 0 Å². The van der Waals surface area contributed by atoms with Crippen LogP contribution in [-0.4, -0.2) is 22.3 Å². The van der Waals surface area contributed by atoms with Crippen molar-refractivity contribution < 1.29 is 15.0 Å². The van der Waals surface area contributed by atoms with Crippen LogP contribution in [0.25, 0.3) is 0 Å². The molecule has 10 atom stereocenters. The van der Waals surface area contributed by atoms with Crippen LogP contribution in [0.5, 0.6) is 0 Å². The maximum absolute atomic E-state index is 12.8. The molecule has 5 rings (SSSR count). The Labute approximate surface area is 208 Å². The number of carbonyl (C=O) groups is 1. The van der Waals surface area contributed by atoms with Gasteiger partial charge in [-0.05, 0) is 129 Å². The summed E-state index contributed by atoms with van der Waals surface area (Å²) >= 11 is 0. The monoisotopic (exact) mass is 470 g/mol. The lowest BCUT2D eigenvalue weighted by Gasteiger charge is -2.73. The highest BCUT2D eigenvalue weighted by Crippen LogP contribution is 2.76. The van der Waals surface area contributed by atoms with Gasteiger partial charge in [-0.3, -0.25) is 4.79 Å². The summed E-state index contributed by atoms with van der Waals surface area (Å²) in [6, 6.07) is 0. The predicted molar refractivity (Wildman–Crippen MR) is 137 cm³/mol. The number of hydrogen-bond acceptors (Lipinski definition) is 2. The van der Waals surface area contributed by atoms with Crippen LogP contribution < -0.4 is 0 Å². The number of carboxylic acids is 1. The Hall–Kier alpha value is -0.830. The molecule has 0 aromatic heterocycles. The number of hydrogen-bond donors (Lipinski definition) is 2. The normalized spacial score (nSPS) is 54.1. The average molecular weight is 471 g/mol. The smallest absolute Gasteiger partial charge is 0.309 e. The molecule has 0 aromatic carbocycles. The Balaban J connectivity index is 1.53. The van der Waals surface area contributed by atoms with Crippen LogP contribution in [0.15, 0.2) is 12.2 Å². The minimum atomic E-state index is -0.523. The van der Waals surface area contributed by atoms with E-state index >= 15 is 0 Å². The Bertz CT molecular complexity index is 876. The third-order valence-corrected chi connectivity index (χ3v) is 13.8. The average Bonchev–Trinajstić information content (AvgIpc) is 2.76. The summed E-state index contributed by atoms with van der Waals surface area (Å²) in [5, 5.41) is 21.5. The molecule has 5 aliphatic carbocycles. The summed E-state index contributed by atoms with van der Waals surface area (Å²) in [7, 11) is 0. The molecule has 0 bridgehead atoms. The quantitative estimate of drug-likeness (QED) is 0.411.